The van der Waals surface area contributed by atoms with Crippen LogP contribution in [0.1, 0.15) is 51.1 Å². The van der Waals surface area contributed by atoms with Gasteiger partial charge in [0.1, 0.15) is 0 Å². The van der Waals surface area contributed by atoms with E-state index in [1.807, 2.05) is 5.06 Å². The quantitative estimate of drug-likeness (QED) is 0.444. The summed E-state index contributed by atoms with van der Waals surface area (Å²) in [5.41, 5.74) is 0.0669. The first kappa shape index (κ1) is 23.3. The van der Waals surface area contributed by atoms with Crippen LogP contribution in [0.4, 0.5) is 5.95 Å². The van der Waals surface area contributed by atoms with Gasteiger partial charge in [-0.25, -0.2) is 9.97 Å². The van der Waals surface area contributed by atoms with Crippen LogP contribution >= 0.6 is 11.6 Å². The molecule has 0 saturated carbocycles. The molecule has 0 spiro atoms. The molecular weight excluding hydrogens is 400 g/mol. The molecule has 0 radical (unpaired) electrons. The molecule has 0 aliphatic carbocycles. The van der Waals surface area contributed by atoms with Crippen molar-refractivity contribution in [3.8, 4) is 0 Å². The number of carbonyl (C=O) groups excluding carboxylic acids is 2. The summed E-state index contributed by atoms with van der Waals surface area (Å²) in [4.78, 5) is 38.5. The number of aromatic nitrogens is 2. The Hall–Kier alpha value is -1.97. The number of carbonyl (C=O) groups is 2. The number of nitrogens with one attached hydrogen (secondary N) is 1. The summed E-state index contributed by atoms with van der Waals surface area (Å²) in [5, 5.41) is 5.23. The average molecular weight is 429 g/mol. The molecule has 1 aliphatic rings. The van der Waals surface area contributed by atoms with Gasteiger partial charge in [0.05, 0.1) is 37.2 Å². The Morgan fingerprint density at radius 3 is 2.59 bits per heavy atom. The van der Waals surface area contributed by atoms with Gasteiger partial charge in [-0.1, -0.05) is 18.0 Å². The smallest absolute Gasteiger partial charge is 0.326 e. The Kier molecular flexibility index (Phi) is 9.56. The monoisotopic (exact) mass is 428 g/mol. The van der Waals surface area contributed by atoms with E-state index in [-0.39, 0.29) is 29.9 Å². The number of hydrogen-bond donors (Lipinski definition) is 1. The van der Waals surface area contributed by atoms with E-state index in [4.69, 9.17) is 25.9 Å². The van der Waals surface area contributed by atoms with E-state index < -0.39 is 17.9 Å². The molecule has 2 heterocycles. The summed E-state index contributed by atoms with van der Waals surface area (Å²) in [5.74, 6) is -2.58. The minimum atomic E-state index is -1.35. The molecule has 0 aromatic carbocycles. The fourth-order valence-electron chi connectivity index (χ4n) is 3.29. The largest absolute Gasteiger partial charge is 0.465 e. The van der Waals surface area contributed by atoms with E-state index in [0.29, 0.717) is 12.6 Å². The number of esters is 2. The van der Waals surface area contributed by atoms with Crippen LogP contribution in [-0.2, 0) is 23.9 Å². The van der Waals surface area contributed by atoms with Crippen molar-refractivity contribution in [3.63, 3.8) is 0 Å². The number of hydrogen-bond acceptors (Lipinski definition) is 9. The van der Waals surface area contributed by atoms with Gasteiger partial charge in [-0.3, -0.25) is 9.59 Å². The molecule has 1 fully saturated rings. The molecule has 1 N–H and O–H groups in total. The van der Waals surface area contributed by atoms with Gasteiger partial charge in [-0.15, -0.1) is 0 Å². The van der Waals surface area contributed by atoms with Crippen molar-refractivity contribution in [2.24, 2.45) is 0 Å². The zero-order chi connectivity index (χ0) is 21.2. The molecule has 0 amide bonds. The van der Waals surface area contributed by atoms with Crippen molar-refractivity contribution in [2.75, 3.05) is 38.7 Å². The highest BCUT2D eigenvalue weighted by Gasteiger charge is 2.35. The Bertz CT molecular complexity index is 673. The lowest BCUT2D eigenvalue weighted by atomic mass is 10.0. The van der Waals surface area contributed by atoms with Crippen LogP contribution in [0.15, 0.2) is 6.20 Å². The highest BCUT2D eigenvalue weighted by atomic mass is 35.5. The molecule has 1 aliphatic heterocycles. The second-order valence-electron chi connectivity index (χ2n) is 6.55. The number of anilines is 1. The molecule has 1 atom stereocenters. The van der Waals surface area contributed by atoms with Crippen LogP contribution in [-0.4, -0.2) is 66.4 Å². The molecule has 0 bridgehead atoms. The third-order valence-electron chi connectivity index (χ3n) is 4.66. The van der Waals surface area contributed by atoms with E-state index in [1.54, 1.807) is 21.0 Å². The molecule has 10 heteroatoms. The standard InChI is InChI=1S/C19H29ClN4O5/c1-4-28-17(25)15(18(26)29-5-2)16-14(20)12-22-19(23-16)21-10-9-13-8-6-7-11-24(13)27-3/h12-13,15H,4-11H2,1-3H3,(H,21,22,23). The molecular formula is C19H29ClN4O5. The van der Waals surface area contributed by atoms with Crippen LogP contribution in [0, 0.1) is 0 Å². The fraction of sp³-hybridized carbons (Fsp3) is 0.684. The van der Waals surface area contributed by atoms with Crippen LogP contribution in [0.5, 0.6) is 0 Å². The first-order valence-electron chi connectivity index (χ1n) is 9.92. The van der Waals surface area contributed by atoms with Gasteiger partial charge >= 0.3 is 11.9 Å². The third-order valence-corrected chi connectivity index (χ3v) is 4.95. The summed E-state index contributed by atoms with van der Waals surface area (Å²) >= 11 is 6.18. The van der Waals surface area contributed by atoms with Gasteiger partial charge in [0.15, 0.2) is 5.92 Å². The van der Waals surface area contributed by atoms with Gasteiger partial charge in [0.25, 0.3) is 0 Å². The maximum absolute atomic E-state index is 12.3. The Labute approximate surface area is 176 Å². The maximum atomic E-state index is 12.3. The Morgan fingerprint density at radius 1 is 1.28 bits per heavy atom. The molecule has 1 saturated heterocycles. The number of rotatable bonds is 10. The van der Waals surface area contributed by atoms with Crippen molar-refractivity contribution >= 4 is 29.5 Å². The highest BCUT2D eigenvalue weighted by molar-refractivity contribution is 6.31. The molecule has 1 unspecified atom stereocenters. The first-order valence-corrected chi connectivity index (χ1v) is 10.3. The van der Waals surface area contributed by atoms with E-state index in [0.717, 1.165) is 25.8 Å². The van der Waals surface area contributed by atoms with Gasteiger partial charge in [-0.05, 0) is 33.1 Å². The SMILES string of the molecule is CCOC(=O)C(C(=O)OCC)c1nc(NCCC2CCCCN2OC)ncc1Cl. The highest BCUT2D eigenvalue weighted by Crippen LogP contribution is 2.26. The predicted octanol–water partition coefficient (Wildman–Crippen LogP) is 2.56. The second-order valence-corrected chi connectivity index (χ2v) is 6.96. The van der Waals surface area contributed by atoms with E-state index >= 15 is 0 Å². The maximum Gasteiger partial charge on any atom is 0.326 e. The summed E-state index contributed by atoms with van der Waals surface area (Å²) in [6.45, 7) is 5.09. The van der Waals surface area contributed by atoms with Crippen molar-refractivity contribution in [3.05, 3.63) is 16.9 Å². The Morgan fingerprint density at radius 2 is 1.97 bits per heavy atom. The number of ether oxygens (including phenoxy) is 2. The number of piperidine rings is 1. The van der Waals surface area contributed by atoms with Crippen molar-refractivity contribution < 1.29 is 23.9 Å². The van der Waals surface area contributed by atoms with E-state index in [1.165, 1.54) is 12.6 Å². The van der Waals surface area contributed by atoms with E-state index in [2.05, 4.69) is 15.3 Å². The fourth-order valence-corrected chi connectivity index (χ4v) is 3.49. The topological polar surface area (TPSA) is 103 Å². The zero-order valence-corrected chi connectivity index (χ0v) is 17.9. The minimum absolute atomic E-state index is 0.0669. The minimum Gasteiger partial charge on any atom is -0.465 e. The van der Waals surface area contributed by atoms with Crippen molar-refractivity contribution in [2.45, 2.75) is 51.5 Å². The van der Waals surface area contributed by atoms with Crippen LogP contribution in [0.25, 0.3) is 0 Å². The lowest BCUT2D eigenvalue weighted by Crippen LogP contribution is -2.39. The third kappa shape index (κ3) is 6.52. The summed E-state index contributed by atoms with van der Waals surface area (Å²) in [7, 11) is 1.69. The lowest BCUT2D eigenvalue weighted by molar-refractivity contribution is -0.175. The van der Waals surface area contributed by atoms with Crippen molar-refractivity contribution in [1.29, 1.82) is 0 Å². The molecule has 1 aromatic rings. The van der Waals surface area contributed by atoms with Gasteiger partial charge in [0.2, 0.25) is 5.95 Å². The molecule has 2 rings (SSSR count). The molecule has 162 valence electrons. The van der Waals surface area contributed by atoms with Crippen LogP contribution < -0.4 is 5.32 Å². The average Bonchev–Trinajstić information content (AvgIpc) is 2.71. The van der Waals surface area contributed by atoms with E-state index in [9.17, 15) is 9.59 Å². The first-order chi connectivity index (χ1) is 14.0. The molecule has 1 aromatic heterocycles. The predicted molar refractivity (Wildman–Crippen MR) is 108 cm³/mol. The van der Waals surface area contributed by atoms with Gasteiger partial charge in [-0.2, -0.15) is 5.06 Å². The van der Waals surface area contributed by atoms with Crippen molar-refractivity contribution in [1.82, 2.24) is 15.0 Å². The lowest BCUT2D eigenvalue weighted by Gasteiger charge is -2.33. The number of hydroxylamine groups is 2. The summed E-state index contributed by atoms with van der Waals surface area (Å²) in [6, 6.07) is 0.319. The molecule has 9 nitrogen and oxygen atoms in total. The zero-order valence-electron chi connectivity index (χ0n) is 17.1. The number of halogens is 1. The Balaban J connectivity index is 2.10. The van der Waals surface area contributed by atoms with Gasteiger partial charge in [0, 0.05) is 19.1 Å². The normalized spacial score (nSPS) is 17.2. The molecule has 29 heavy (non-hydrogen) atoms. The van der Waals surface area contributed by atoms with Crippen LogP contribution in [0.3, 0.4) is 0 Å². The van der Waals surface area contributed by atoms with Crippen LogP contribution in [0.2, 0.25) is 5.02 Å². The van der Waals surface area contributed by atoms with Gasteiger partial charge < -0.3 is 19.6 Å². The number of nitrogens with zero attached hydrogens (tertiary/aromatic N) is 3. The second kappa shape index (κ2) is 11.9. The summed E-state index contributed by atoms with van der Waals surface area (Å²) < 4.78 is 10.0. The summed E-state index contributed by atoms with van der Waals surface area (Å²) in [6.07, 6.45) is 5.57.